The number of phenols is 2. The minimum atomic E-state index is -0.320. The van der Waals surface area contributed by atoms with Crippen molar-refractivity contribution < 1.29 is 15.0 Å². The Balaban J connectivity index is 2.07. The number of nitrogens with zero attached hydrogens (tertiary/aromatic N) is 1. The van der Waals surface area contributed by atoms with Crippen LogP contribution in [0.15, 0.2) is 36.4 Å². The number of halogens is 1. The zero-order valence-corrected chi connectivity index (χ0v) is 12.8. The fraction of sp³-hybridized carbons (Fsp3) is 0.235. The third-order valence-corrected chi connectivity index (χ3v) is 4.34. The smallest absolute Gasteiger partial charge is 0.262 e. The molecule has 114 valence electrons. The lowest BCUT2D eigenvalue weighted by atomic mass is 9.95. The Labute approximate surface area is 133 Å². The molecule has 2 N–H and O–H groups in total. The molecule has 1 heterocycles. The van der Waals surface area contributed by atoms with Crippen LogP contribution in [0, 0.1) is 0 Å². The monoisotopic (exact) mass is 317 g/mol. The summed E-state index contributed by atoms with van der Waals surface area (Å²) >= 11 is 5.87. The number of fused-ring (bicyclic) bond motifs is 1. The molecule has 0 saturated heterocycles. The average molecular weight is 318 g/mol. The minimum Gasteiger partial charge on any atom is -0.507 e. The summed E-state index contributed by atoms with van der Waals surface area (Å²) in [6.07, 6.45) is 1.78. The molecule has 0 saturated carbocycles. The minimum absolute atomic E-state index is 0.0226. The second-order valence-electron chi connectivity index (χ2n) is 5.51. The van der Waals surface area contributed by atoms with Crippen LogP contribution < -0.4 is 4.90 Å². The van der Waals surface area contributed by atoms with Crippen molar-refractivity contribution in [1.82, 2.24) is 0 Å². The van der Waals surface area contributed by atoms with Crippen LogP contribution >= 0.6 is 11.6 Å². The summed E-state index contributed by atoms with van der Waals surface area (Å²) < 4.78 is 0. The van der Waals surface area contributed by atoms with E-state index in [2.05, 4.69) is 0 Å². The number of hydrogen-bond donors (Lipinski definition) is 2. The Morgan fingerprint density at radius 3 is 2.73 bits per heavy atom. The fourth-order valence-corrected chi connectivity index (χ4v) is 3.01. The van der Waals surface area contributed by atoms with Gasteiger partial charge in [-0.15, -0.1) is 0 Å². The highest BCUT2D eigenvalue weighted by Gasteiger charge is 2.30. The number of phenolic OH excluding ortho intramolecular Hbond substituents is 2. The van der Waals surface area contributed by atoms with E-state index >= 15 is 0 Å². The van der Waals surface area contributed by atoms with E-state index in [9.17, 15) is 15.0 Å². The number of para-hydroxylation sites is 1. The first-order chi connectivity index (χ1) is 10.5. The van der Waals surface area contributed by atoms with Gasteiger partial charge in [0.15, 0.2) is 0 Å². The third kappa shape index (κ3) is 2.40. The highest BCUT2D eigenvalue weighted by atomic mass is 35.5. The number of anilines is 1. The summed E-state index contributed by atoms with van der Waals surface area (Å²) in [5.74, 6) is -0.844. The lowest BCUT2D eigenvalue weighted by Crippen LogP contribution is -2.42. The van der Waals surface area contributed by atoms with E-state index in [0.717, 1.165) is 30.2 Å². The standard InChI is InChI=1S/C17H16ClNO3/c1-10-6-7-11-4-2-3-5-14(11)19(10)17(22)12-8-13(18)16(21)9-15(12)20/h2-5,8-10,20-21H,6-7H2,1H3/t10-/m0/s1. The maximum Gasteiger partial charge on any atom is 0.262 e. The molecule has 0 aliphatic carbocycles. The van der Waals surface area contributed by atoms with Crippen molar-refractivity contribution >= 4 is 23.2 Å². The summed E-state index contributed by atoms with van der Waals surface area (Å²) in [4.78, 5) is 14.6. The number of hydrogen-bond acceptors (Lipinski definition) is 3. The van der Waals surface area contributed by atoms with Gasteiger partial charge in [-0.2, -0.15) is 0 Å². The number of amides is 1. The molecule has 0 radical (unpaired) electrons. The van der Waals surface area contributed by atoms with Crippen LogP contribution in [0.25, 0.3) is 0 Å². The molecule has 22 heavy (non-hydrogen) atoms. The summed E-state index contributed by atoms with van der Waals surface area (Å²) in [6, 6.07) is 10.2. The molecule has 0 bridgehead atoms. The summed E-state index contributed by atoms with van der Waals surface area (Å²) in [5.41, 5.74) is 2.06. The molecule has 0 fully saturated rings. The van der Waals surface area contributed by atoms with Crippen molar-refractivity contribution in [3.63, 3.8) is 0 Å². The quantitative estimate of drug-likeness (QED) is 0.842. The molecule has 2 aromatic rings. The molecule has 0 aromatic heterocycles. The van der Waals surface area contributed by atoms with Gasteiger partial charge in [0.1, 0.15) is 11.5 Å². The van der Waals surface area contributed by atoms with Crippen molar-refractivity contribution in [2.24, 2.45) is 0 Å². The van der Waals surface area contributed by atoms with Crippen molar-refractivity contribution in [2.45, 2.75) is 25.8 Å². The zero-order valence-electron chi connectivity index (χ0n) is 12.1. The van der Waals surface area contributed by atoms with E-state index in [1.54, 1.807) is 4.90 Å². The first-order valence-electron chi connectivity index (χ1n) is 7.12. The molecular formula is C17H16ClNO3. The molecule has 0 unspecified atom stereocenters. The molecule has 1 aliphatic heterocycles. The van der Waals surface area contributed by atoms with Crippen molar-refractivity contribution in [1.29, 1.82) is 0 Å². The van der Waals surface area contributed by atoms with Crippen LogP contribution in [0.2, 0.25) is 5.02 Å². The van der Waals surface area contributed by atoms with Crippen LogP contribution in [0.1, 0.15) is 29.3 Å². The van der Waals surface area contributed by atoms with E-state index in [1.807, 2.05) is 31.2 Å². The van der Waals surface area contributed by atoms with Crippen LogP contribution in [0.5, 0.6) is 11.5 Å². The van der Waals surface area contributed by atoms with E-state index in [1.165, 1.54) is 6.07 Å². The van der Waals surface area contributed by atoms with Crippen LogP contribution in [0.4, 0.5) is 5.69 Å². The number of aromatic hydroxyl groups is 2. The normalized spacial score (nSPS) is 17.2. The molecule has 1 aliphatic rings. The molecule has 5 heteroatoms. The Morgan fingerprint density at radius 2 is 1.95 bits per heavy atom. The van der Waals surface area contributed by atoms with Gasteiger partial charge in [-0.05, 0) is 37.5 Å². The summed E-state index contributed by atoms with van der Waals surface area (Å²) in [7, 11) is 0. The molecule has 0 spiro atoms. The topological polar surface area (TPSA) is 60.8 Å². The van der Waals surface area contributed by atoms with Gasteiger partial charge in [-0.3, -0.25) is 4.79 Å². The number of carbonyl (C=O) groups excluding carboxylic acids is 1. The fourth-order valence-electron chi connectivity index (χ4n) is 2.85. The van der Waals surface area contributed by atoms with Crippen LogP contribution in [-0.4, -0.2) is 22.2 Å². The Kier molecular flexibility index (Phi) is 3.71. The van der Waals surface area contributed by atoms with Gasteiger partial charge in [-0.1, -0.05) is 29.8 Å². The van der Waals surface area contributed by atoms with Crippen LogP contribution in [0.3, 0.4) is 0 Å². The second-order valence-corrected chi connectivity index (χ2v) is 5.92. The molecule has 2 aromatic carbocycles. The van der Waals surface area contributed by atoms with Crippen molar-refractivity contribution in [3.8, 4) is 11.5 Å². The van der Waals surface area contributed by atoms with Gasteiger partial charge in [0.05, 0.1) is 10.6 Å². The first-order valence-corrected chi connectivity index (χ1v) is 7.49. The predicted octanol–water partition coefficient (Wildman–Crippen LogP) is 3.73. The molecule has 4 nitrogen and oxygen atoms in total. The number of carbonyl (C=O) groups is 1. The predicted molar refractivity (Wildman–Crippen MR) is 85.8 cm³/mol. The Bertz CT molecular complexity index is 745. The average Bonchev–Trinajstić information content (AvgIpc) is 2.50. The summed E-state index contributed by atoms with van der Waals surface area (Å²) in [5, 5.41) is 19.5. The Morgan fingerprint density at radius 1 is 1.23 bits per heavy atom. The molecule has 1 atom stereocenters. The zero-order chi connectivity index (χ0) is 15.9. The number of benzene rings is 2. The molecule has 3 rings (SSSR count). The summed E-state index contributed by atoms with van der Waals surface area (Å²) in [6.45, 7) is 1.98. The number of rotatable bonds is 1. The largest absolute Gasteiger partial charge is 0.507 e. The lowest BCUT2D eigenvalue weighted by molar-refractivity contribution is 0.0972. The van der Waals surface area contributed by atoms with Crippen molar-refractivity contribution in [2.75, 3.05) is 4.90 Å². The van der Waals surface area contributed by atoms with Gasteiger partial charge < -0.3 is 15.1 Å². The maximum atomic E-state index is 12.9. The van der Waals surface area contributed by atoms with E-state index in [-0.39, 0.29) is 34.0 Å². The van der Waals surface area contributed by atoms with Gasteiger partial charge >= 0.3 is 0 Å². The SMILES string of the molecule is C[C@H]1CCc2ccccc2N1C(=O)c1cc(Cl)c(O)cc1O. The molecule has 1 amide bonds. The highest BCUT2D eigenvalue weighted by molar-refractivity contribution is 6.32. The van der Waals surface area contributed by atoms with Crippen molar-refractivity contribution in [3.05, 3.63) is 52.5 Å². The maximum absolute atomic E-state index is 12.9. The van der Waals surface area contributed by atoms with E-state index in [4.69, 9.17) is 11.6 Å². The third-order valence-electron chi connectivity index (χ3n) is 4.04. The highest BCUT2D eigenvalue weighted by Crippen LogP contribution is 2.36. The van der Waals surface area contributed by atoms with Gasteiger partial charge in [-0.25, -0.2) is 0 Å². The van der Waals surface area contributed by atoms with Crippen LogP contribution in [-0.2, 0) is 6.42 Å². The van der Waals surface area contributed by atoms with Gasteiger partial charge in [0, 0.05) is 17.8 Å². The van der Waals surface area contributed by atoms with Gasteiger partial charge in [0.2, 0.25) is 0 Å². The molecular weight excluding hydrogens is 302 g/mol. The number of aryl methyl sites for hydroxylation is 1. The lowest BCUT2D eigenvalue weighted by Gasteiger charge is -2.35. The van der Waals surface area contributed by atoms with E-state index < -0.39 is 0 Å². The first kappa shape index (κ1) is 14.7. The second kappa shape index (κ2) is 5.54. The Hall–Kier alpha value is -2.20. The van der Waals surface area contributed by atoms with E-state index in [0.29, 0.717) is 0 Å². The van der Waals surface area contributed by atoms with Gasteiger partial charge in [0.25, 0.3) is 5.91 Å².